The van der Waals surface area contributed by atoms with E-state index < -0.39 is 11.4 Å². The molecule has 0 amide bonds. The molecular formula is C20H20N2O2S. The van der Waals surface area contributed by atoms with Crippen LogP contribution in [0.15, 0.2) is 41.5 Å². The lowest BCUT2D eigenvalue weighted by Gasteiger charge is -2.17. The van der Waals surface area contributed by atoms with Gasteiger partial charge in [0.2, 0.25) is 0 Å². The van der Waals surface area contributed by atoms with Crippen LogP contribution in [-0.2, 0) is 11.2 Å². The monoisotopic (exact) mass is 352 g/mol. The molecule has 1 aromatic carbocycles. The van der Waals surface area contributed by atoms with Crippen LogP contribution in [0.2, 0.25) is 0 Å². The maximum Gasteiger partial charge on any atom is 0.309 e. The number of nitriles is 1. The number of carboxylic acid groups (broad SMARTS) is 1. The van der Waals surface area contributed by atoms with E-state index in [-0.39, 0.29) is 0 Å². The summed E-state index contributed by atoms with van der Waals surface area (Å²) in [5, 5.41) is 18.3. The number of nitrogens with zero attached hydrogens (tertiary/aromatic N) is 2. The minimum Gasteiger partial charge on any atom is -0.481 e. The second-order valence-electron chi connectivity index (χ2n) is 6.51. The number of thiophene rings is 1. The van der Waals surface area contributed by atoms with Gasteiger partial charge in [0.1, 0.15) is 0 Å². The number of aliphatic carboxylic acids is 1. The Morgan fingerprint density at radius 2 is 2.04 bits per heavy atom. The summed E-state index contributed by atoms with van der Waals surface area (Å²) in [6.07, 6.45) is 2.17. The van der Waals surface area contributed by atoms with Crippen LogP contribution < -0.4 is 0 Å². The van der Waals surface area contributed by atoms with Gasteiger partial charge in [-0.1, -0.05) is 12.1 Å². The molecular weight excluding hydrogens is 332 g/mol. The first-order valence-electron chi connectivity index (χ1n) is 7.78. The summed E-state index contributed by atoms with van der Waals surface area (Å²) in [6, 6.07) is 11.4. The molecule has 128 valence electrons. The molecule has 2 aromatic rings. The number of benzene rings is 1. The molecule has 0 saturated carbocycles. The molecule has 4 nitrogen and oxygen atoms in total. The highest BCUT2D eigenvalue weighted by Gasteiger charge is 2.28. The lowest BCUT2D eigenvalue weighted by atomic mass is 9.89. The van der Waals surface area contributed by atoms with Crippen molar-refractivity contribution in [2.75, 3.05) is 0 Å². The molecule has 5 heteroatoms. The number of rotatable bonds is 6. The third-order valence-electron chi connectivity index (χ3n) is 3.95. The van der Waals surface area contributed by atoms with E-state index in [1.807, 2.05) is 25.1 Å². The average Bonchev–Trinajstić information content (AvgIpc) is 2.92. The number of aliphatic imine (C=N–C) groups is 1. The zero-order valence-electron chi connectivity index (χ0n) is 14.5. The summed E-state index contributed by atoms with van der Waals surface area (Å²) in [6.45, 7) is 9.01. The van der Waals surface area contributed by atoms with Crippen molar-refractivity contribution in [2.45, 2.75) is 27.2 Å². The summed E-state index contributed by atoms with van der Waals surface area (Å²) < 4.78 is 0. The Morgan fingerprint density at radius 1 is 1.40 bits per heavy atom. The Bertz CT molecular complexity index is 868. The molecule has 0 radical (unpaired) electrons. The van der Waals surface area contributed by atoms with Gasteiger partial charge in [0.05, 0.1) is 17.0 Å². The van der Waals surface area contributed by atoms with Crippen molar-refractivity contribution in [1.29, 1.82) is 5.26 Å². The quantitative estimate of drug-likeness (QED) is 0.768. The third-order valence-corrected chi connectivity index (χ3v) is 5.22. The van der Waals surface area contributed by atoms with E-state index in [2.05, 4.69) is 17.8 Å². The fourth-order valence-electron chi connectivity index (χ4n) is 2.49. The second kappa shape index (κ2) is 7.45. The molecule has 0 spiro atoms. The smallest absolute Gasteiger partial charge is 0.309 e. The molecule has 0 saturated heterocycles. The van der Waals surface area contributed by atoms with E-state index in [1.54, 1.807) is 43.5 Å². The highest BCUT2D eigenvalue weighted by molar-refractivity contribution is 7.13. The number of carboxylic acids is 1. The van der Waals surface area contributed by atoms with Crippen molar-refractivity contribution < 1.29 is 9.90 Å². The molecule has 0 atom stereocenters. The largest absolute Gasteiger partial charge is 0.481 e. The first-order chi connectivity index (χ1) is 11.8. The van der Waals surface area contributed by atoms with E-state index in [0.29, 0.717) is 12.0 Å². The molecule has 2 rings (SSSR count). The molecule has 0 aliphatic rings. The van der Waals surface area contributed by atoms with Crippen LogP contribution in [0.4, 0.5) is 0 Å². The summed E-state index contributed by atoms with van der Waals surface area (Å²) in [5.41, 5.74) is 2.72. The van der Waals surface area contributed by atoms with Gasteiger partial charge in [0, 0.05) is 21.5 Å². The van der Waals surface area contributed by atoms with E-state index in [4.69, 9.17) is 5.26 Å². The van der Waals surface area contributed by atoms with E-state index in [1.165, 1.54) is 0 Å². The number of carbonyl (C=O) groups is 1. The van der Waals surface area contributed by atoms with Gasteiger partial charge in [0.15, 0.2) is 0 Å². The molecule has 0 aliphatic carbocycles. The van der Waals surface area contributed by atoms with Crippen molar-refractivity contribution in [2.24, 2.45) is 10.4 Å². The van der Waals surface area contributed by atoms with Crippen LogP contribution >= 0.6 is 11.3 Å². The number of hydrogen-bond donors (Lipinski definition) is 1. The summed E-state index contributed by atoms with van der Waals surface area (Å²) in [7, 11) is 0. The molecule has 0 fully saturated rings. The zero-order chi connectivity index (χ0) is 18.6. The van der Waals surface area contributed by atoms with Gasteiger partial charge >= 0.3 is 5.97 Å². The van der Waals surface area contributed by atoms with Gasteiger partial charge in [-0.05, 0) is 63.2 Å². The van der Waals surface area contributed by atoms with Gasteiger partial charge in [0.25, 0.3) is 0 Å². The Kier molecular flexibility index (Phi) is 5.55. The van der Waals surface area contributed by atoms with Crippen molar-refractivity contribution in [3.8, 4) is 6.07 Å². The van der Waals surface area contributed by atoms with Gasteiger partial charge in [-0.2, -0.15) is 5.26 Å². The van der Waals surface area contributed by atoms with E-state index >= 15 is 0 Å². The van der Waals surface area contributed by atoms with Crippen LogP contribution in [0.25, 0.3) is 5.57 Å². The summed E-state index contributed by atoms with van der Waals surface area (Å²) in [4.78, 5) is 17.4. The van der Waals surface area contributed by atoms with Crippen molar-refractivity contribution in [1.82, 2.24) is 0 Å². The van der Waals surface area contributed by atoms with Crippen LogP contribution in [0.3, 0.4) is 0 Å². The first-order valence-corrected chi connectivity index (χ1v) is 8.60. The van der Waals surface area contributed by atoms with Crippen LogP contribution in [0.1, 0.15) is 40.3 Å². The average molecular weight is 352 g/mol. The lowest BCUT2D eigenvalue weighted by Crippen LogP contribution is -2.25. The highest BCUT2D eigenvalue weighted by Crippen LogP contribution is 2.36. The molecule has 0 unspecified atom stereocenters. The van der Waals surface area contributed by atoms with Crippen LogP contribution in [0.5, 0.6) is 0 Å². The van der Waals surface area contributed by atoms with Gasteiger partial charge in [-0.15, -0.1) is 11.3 Å². The Balaban J connectivity index is 2.43. The second-order valence-corrected chi connectivity index (χ2v) is 7.64. The topological polar surface area (TPSA) is 73.5 Å². The maximum absolute atomic E-state index is 11.4. The Morgan fingerprint density at radius 3 is 2.56 bits per heavy atom. The first kappa shape index (κ1) is 18.6. The van der Waals surface area contributed by atoms with Crippen molar-refractivity contribution >= 4 is 29.6 Å². The van der Waals surface area contributed by atoms with Crippen LogP contribution in [0, 0.1) is 23.7 Å². The van der Waals surface area contributed by atoms with Gasteiger partial charge in [-0.3, -0.25) is 9.79 Å². The fourth-order valence-corrected chi connectivity index (χ4v) is 3.92. The number of aryl methyl sites for hydroxylation is 1. The summed E-state index contributed by atoms with van der Waals surface area (Å²) >= 11 is 1.57. The molecule has 0 aliphatic heterocycles. The standard InChI is InChI=1S/C20H20N2O2S/c1-13-9-16(10-20(2,3)19(23)24)25-18(13)17(12-22-4)15-7-5-14(11-21)6-8-15/h5-9,12H,4,10H2,1-3H3,(H,23,24)/b17-12-. The Hall–Kier alpha value is -2.71. The minimum absolute atomic E-state index is 0.468. The highest BCUT2D eigenvalue weighted by atomic mass is 32.1. The third kappa shape index (κ3) is 4.23. The minimum atomic E-state index is -0.816. The van der Waals surface area contributed by atoms with E-state index in [9.17, 15) is 9.90 Å². The van der Waals surface area contributed by atoms with E-state index in [0.717, 1.165) is 26.5 Å². The number of hydrogen-bond acceptors (Lipinski definition) is 4. The van der Waals surface area contributed by atoms with Crippen molar-refractivity contribution in [3.63, 3.8) is 0 Å². The summed E-state index contributed by atoms with van der Waals surface area (Å²) in [5.74, 6) is -0.810. The lowest BCUT2D eigenvalue weighted by molar-refractivity contribution is -0.146. The molecule has 1 aromatic heterocycles. The predicted molar refractivity (Wildman–Crippen MR) is 102 cm³/mol. The maximum atomic E-state index is 11.4. The van der Waals surface area contributed by atoms with Crippen molar-refractivity contribution in [3.05, 3.63) is 63.0 Å². The van der Waals surface area contributed by atoms with Gasteiger partial charge in [-0.25, -0.2) is 0 Å². The SMILES string of the molecule is C=N/C=C(/c1ccc(C#N)cc1)c1sc(CC(C)(C)C(=O)O)cc1C. The Labute approximate surface area is 151 Å². The predicted octanol–water partition coefficient (Wildman–Crippen LogP) is 4.67. The zero-order valence-corrected chi connectivity index (χ0v) is 15.4. The molecule has 0 bridgehead atoms. The molecule has 1 heterocycles. The fraction of sp³-hybridized carbons (Fsp3) is 0.250. The van der Waals surface area contributed by atoms with Gasteiger partial charge < -0.3 is 5.11 Å². The molecule has 1 N–H and O–H groups in total. The van der Waals surface area contributed by atoms with Crippen LogP contribution in [-0.4, -0.2) is 17.8 Å². The normalized spacial score (nSPS) is 11.8. The molecule has 25 heavy (non-hydrogen) atoms.